The summed E-state index contributed by atoms with van der Waals surface area (Å²) < 4.78 is 0. The second kappa shape index (κ2) is 9.83. The van der Waals surface area contributed by atoms with Gasteiger partial charge in [-0.15, -0.1) is 0 Å². The van der Waals surface area contributed by atoms with Crippen LogP contribution in [-0.2, 0) is 11.2 Å². The Hall–Kier alpha value is -2.48. The molecule has 0 spiro atoms. The SMILES string of the molecule is C=C(CC#N)N1CCCC1CCC(=O)NC(CC1=CCc2ccccc21)B(C)C. The number of nitrogens with one attached hydrogen (secondary N) is 1. The Morgan fingerprint density at radius 3 is 2.97 bits per heavy atom. The predicted molar refractivity (Wildman–Crippen MR) is 120 cm³/mol. The average molecular weight is 389 g/mol. The maximum atomic E-state index is 12.7. The van der Waals surface area contributed by atoms with E-state index in [1.807, 2.05) is 0 Å². The molecule has 29 heavy (non-hydrogen) atoms. The molecule has 5 heteroatoms. The number of fused-ring (bicyclic) bond motifs is 1. The van der Waals surface area contributed by atoms with Crippen molar-refractivity contribution in [1.82, 2.24) is 10.2 Å². The molecule has 1 heterocycles. The fraction of sp³-hybridized carbons (Fsp3) is 0.500. The highest BCUT2D eigenvalue weighted by Crippen LogP contribution is 2.31. The van der Waals surface area contributed by atoms with Gasteiger partial charge in [0.1, 0.15) is 0 Å². The Morgan fingerprint density at radius 1 is 1.41 bits per heavy atom. The van der Waals surface area contributed by atoms with Crippen LogP contribution in [0.15, 0.2) is 42.6 Å². The van der Waals surface area contributed by atoms with Crippen molar-refractivity contribution < 1.29 is 4.79 Å². The van der Waals surface area contributed by atoms with Crippen molar-refractivity contribution in [2.24, 2.45) is 0 Å². The van der Waals surface area contributed by atoms with Gasteiger partial charge in [-0.2, -0.15) is 5.26 Å². The molecule has 0 radical (unpaired) electrons. The largest absolute Gasteiger partial charge is 0.371 e. The second-order valence-electron chi connectivity index (χ2n) is 8.64. The van der Waals surface area contributed by atoms with Crippen molar-refractivity contribution in [3.8, 4) is 6.07 Å². The van der Waals surface area contributed by atoms with Crippen LogP contribution in [0.1, 0.15) is 49.7 Å². The molecule has 1 amide bonds. The number of carbonyl (C=O) groups excluding carboxylic acids is 1. The number of likely N-dealkylation sites (tertiary alicyclic amines) is 1. The van der Waals surface area contributed by atoms with Crippen molar-refractivity contribution in [3.05, 3.63) is 53.7 Å². The smallest absolute Gasteiger partial charge is 0.219 e. The molecule has 1 aliphatic carbocycles. The summed E-state index contributed by atoms with van der Waals surface area (Å²) in [5.74, 6) is 0.279. The van der Waals surface area contributed by atoms with E-state index in [1.165, 1.54) is 16.7 Å². The van der Waals surface area contributed by atoms with Crippen molar-refractivity contribution in [1.29, 1.82) is 5.26 Å². The van der Waals surface area contributed by atoms with Crippen LogP contribution in [0.25, 0.3) is 5.57 Å². The summed E-state index contributed by atoms with van der Waals surface area (Å²) in [5, 5.41) is 12.2. The lowest BCUT2D eigenvalue weighted by atomic mass is 9.47. The fourth-order valence-electron chi connectivity index (χ4n) is 4.56. The second-order valence-corrected chi connectivity index (χ2v) is 8.64. The number of nitrogens with zero attached hydrogens (tertiary/aromatic N) is 2. The maximum absolute atomic E-state index is 12.7. The first-order valence-electron chi connectivity index (χ1n) is 10.9. The molecule has 152 valence electrons. The molecule has 2 unspecified atom stereocenters. The van der Waals surface area contributed by atoms with Crippen molar-refractivity contribution >= 4 is 18.2 Å². The number of rotatable bonds is 9. The van der Waals surface area contributed by atoms with Gasteiger partial charge in [-0.3, -0.25) is 4.79 Å². The highest BCUT2D eigenvalue weighted by Gasteiger charge is 2.27. The van der Waals surface area contributed by atoms with Crippen LogP contribution < -0.4 is 5.32 Å². The van der Waals surface area contributed by atoms with Gasteiger partial charge >= 0.3 is 0 Å². The molecule has 3 rings (SSSR count). The van der Waals surface area contributed by atoms with Crippen molar-refractivity contribution in [2.45, 2.75) is 70.6 Å². The summed E-state index contributed by atoms with van der Waals surface area (Å²) in [5.41, 5.74) is 4.97. The van der Waals surface area contributed by atoms with E-state index in [1.54, 1.807) is 0 Å². The lowest BCUT2D eigenvalue weighted by Crippen LogP contribution is -2.43. The molecule has 0 bridgehead atoms. The molecular weight excluding hydrogens is 357 g/mol. The Morgan fingerprint density at radius 2 is 2.21 bits per heavy atom. The quantitative estimate of drug-likeness (QED) is 0.634. The lowest BCUT2D eigenvalue weighted by molar-refractivity contribution is -0.121. The number of hydrogen-bond donors (Lipinski definition) is 1. The molecule has 1 aliphatic heterocycles. The highest BCUT2D eigenvalue weighted by atomic mass is 16.1. The minimum atomic E-state index is 0.133. The third kappa shape index (κ3) is 5.32. The molecule has 2 aliphatic rings. The Labute approximate surface area is 175 Å². The van der Waals surface area contributed by atoms with Gasteiger partial charge in [-0.1, -0.05) is 50.6 Å². The molecular formula is C24H32BN3O. The molecule has 1 saturated heterocycles. The molecule has 2 atom stereocenters. The molecule has 0 saturated carbocycles. The summed E-state index contributed by atoms with van der Waals surface area (Å²) in [7, 11) is 0. The van der Waals surface area contributed by atoms with E-state index in [4.69, 9.17) is 5.26 Å². The molecule has 1 fully saturated rings. The van der Waals surface area contributed by atoms with Crippen LogP contribution in [0.5, 0.6) is 0 Å². The maximum Gasteiger partial charge on any atom is 0.219 e. The van der Waals surface area contributed by atoms with E-state index in [0.717, 1.165) is 44.3 Å². The molecule has 1 N–H and O–H groups in total. The number of amides is 1. The highest BCUT2D eigenvalue weighted by molar-refractivity contribution is 6.58. The lowest BCUT2D eigenvalue weighted by Gasteiger charge is -2.28. The van der Waals surface area contributed by atoms with E-state index in [0.29, 0.717) is 25.6 Å². The molecule has 4 nitrogen and oxygen atoms in total. The number of carbonyl (C=O) groups is 1. The third-order valence-electron chi connectivity index (χ3n) is 6.29. The van der Waals surface area contributed by atoms with Gasteiger partial charge in [0, 0.05) is 30.6 Å². The summed E-state index contributed by atoms with van der Waals surface area (Å²) in [6, 6.07) is 11.1. The van der Waals surface area contributed by atoms with Gasteiger partial charge in [0.15, 0.2) is 6.71 Å². The topological polar surface area (TPSA) is 56.1 Å². The van der Waals surface area contributed by atoms with Gasteiger partial charge in [-0.25, -0.2) is 0 Å². The van der Waals surface area contributed by atoms with Crippen LogP contribution in [0.2, 0.25) is 13.6 Å². The fourth-order valence-corrected chi connectivity index (χ4v) is 4.56. The number of hydrogen-bond acceptors (Lipinski definition) is 3. The van der Waals surface area contributed by atoms with Crippen LogP contribution in [0, 0.1) is 11.3 Å². The summed E-state index contributed by atoms with van der Waals surface area (Å²) in [6.07, 6.45) is 8.10. The third-order valence-corrected chi connectivity index (χ3v) is 6.29. The Balaban J connectivity index is 1.53. The van der Waals surface area contributed by atoms with Gasteiger partial charge in [0.25, 0.3) is 0 Å². The van der Waals surface area contributed by atoms with E-state index in [9.17, 15) is 4.79 Å². The Kier molecular flexibility index (Phi) is 7.20. The van der Waals surface area contributed by atoms with Gasteiger partial charge in [-0.05, 0) is 48.8 Å². The zero-order valence-electron chi connectivity index (χ0n) is 17.8. The minimum Gasteiger partial charge on any atom is -0.371 e. The van der Waals surface area contributed by atoms with Crippen molar-refractivity contribution in [3.63, 3.8) is 0 Å². The summed E-state index contributed by atoms with van der Waals surface area (Å²) in [4.78, 5) is 14.9. The molecule has 1 aromatic carbocycles. The first-order chi connectivity index (χ1) is 14.0. The predicted octanol–water partition coefficient (Wildman–Crippen LogP) is 4.47. The van der Waals surface area contributed by atoms with E-state index in [-0.39, 0.29) is 11.8 Å². The Bertz CT molecular complexity index is 824. The van der Waals surface area contributed by atoms with Crippen LogP contribution in [0.3, 0.4) is 0 Å². The zero-order chi connectivity index (χ0) is 20.8. The van der Waals surface area contributed by atoms with E-state index in [2.05, 4.69) is 66.9 Å². The van der Waals surface area contributed by atoms with Gasteiger partial charge < -0.3 is 10.2 Å². The summed E-state index contributed by atoms with van der Waals surface area (Å²) in [6.45, 7) is 9.74. The van der Waals surface area contributed by atoms with Crippen molar-refractivity contribution in [2.75, 3.05) is 6.54 Å². The molecule has 1 aromatic rings. The minimum absolute atomic E-state index is 0.133. The van der Waals surface area contributed by atoms with Gasteiger partial charge in [0.05, 0.1) is 12.5 Å². The molecule has 0 aromatic heterocycles. The van der Waals surface area contributed by atoms with Crippen LogP contribution >= 0.6 is 0 Å². The average Bonchev–Trinajstić information content (AvgIpc) is 3.33. The normalized spacial score (nSPS) is 18.6. The number of allylic oxidation sites excluding steroid dienone is 2. The monoisotopic (exact) mass is 389 g/mol. The summed E-state index contributed by atoms with van der Waals surface area (Å²) >= 11 is 0. The number of nitriles is 1. The van der Waals surface area contributed by atoms with E-state index < -0.39 is 0 Å². The van der Waals surface area contributed by atoms with Crippen LogP contribution in [-0.4, -0.2) is 36.0 Å². The number of benzene rings is 1. The first kappa shape index (κ1) is 21.2. The standard InChI is InChI=1S/C24H32BN3O/c1-18(14-15-26)28-16-6-8-21(28)12-13-24(29)27-23(25(2)3)17-20-11-10-19-7-4-5-9-22(19)20/h4-5,7,9,11,21,23H,1,6,8,10,12-14,16-17H2,2-3H3,(H,27,29). The first-order valence-corrected chi connectivity index (χ1v) is 10.9. The zero-order valence-corrected chi connectivity index (χ0v) is 17.8. The van der Waals surface area contributed by atoms with E-state index >= 15 is 0 Å². The van der Waals surface area contributed by atoms with Crippen LogP contribution in [0.4, 0.5) is 0 Å². The van der Waals surface area contributed by atoms with Gasteiger partial charge in [0.2, 0.25) is 5.91 Å².